The van der Waals surface area contributed by atoms with Crippen molar-refractivity contribution < 1.29 is 23.5 Å². The highest BCUT2D eigenvalue weighted by Crippen LogP contribution is 2.30. The van der Waals surface area contributed by atoms with Crippen LogP contribution in [0.3, 0.4) is 0 Å². The van der Waals surface area contributed by atoms with E-state index in [1.54, 1.807) is 21.7 Å². The molecule has 0 saturated carbocycles. The number of hydrogen-bond acceptors (Lipinski definition) is 6. The molecule has 1 fully saturated rings. The third-order valence-corrected chi connectivity index (χ3v) is 8.27. The number of halogens is 1. The molecular formula is C29H38FN5O4Si. The molecule has 11 heteroatoms. The van der Waals surface area contributed by atoms with Crippen LogP contribution in [0, 0.1) is 5.82 Å². The number of rotatable bonds is 8. The zero-order valence-electron chi connectivity index (χ0n) is 24.3. The van der Waals surface area contributed by atoms with Crippen LogP contribution in [0.1, 0.15) is 33.3 Å². The number of anilines is 1. The smallest absolute Gasteiger partial charge is 0.414 e. The first-order valence-corrected chi connectivity index (χ1v) is 17.0. The van der Waals surface area contributed by atoms with Crippen LogP contribution in [-0.4, -0.2) is 64.9 Å². The first-order chi connectivity index (χ1) is 18.7. The minimum atomic E-state index is -1.59. The quantitative estimate of drug-likeness (QED) is 0.338. The van der Waals surface area contributed by atoms with E-state index in [0.29, 0.717) is 43.0 Å². The summed E-state index contributed by atoms with van der Waals surface area (Å²) in [7, 11) is -1.59. The maximum atomic E-state index is 15.2. The van der Waals surface area contributed by atoms with E-state index in [9.17, 15) is 9.59 Å². The average Bonchev–Trinajstić information content (AvgIpc) is 3.48. The van der Waals surface area contributed by atoms with Gasteiger partial charge in [0.15, 0.2) is 0 Å². The highest BCUT2D eigenvalue weighted by atomic mass is 28.3. The third-order valence-electron chi connectivity index (χ3n) is 6.51. The summed E-state index contributed by atoms with van der Waals surface area (Å²) in [5, 5.41) is 9.44. The van der Waals surface area contributed by atoms with Gasteiger partial charge >= 0.3 is 12.2 Å². The largest absolute Gasteiger partial charge is 0.444 e. The number of benzene rings is 2. The van der Waals surface area contributed by atoms with Crippen LogP contribution in [0.5, 0.6) is 0 Å². The number of amides is 2. The van der Waals surface area contributed by atoms with Gasteiger partial charge in [0.25, 0.3) is 0 Å². The molecule has 1 aromatic heterocycles. The molecule has 1 saturated heterocycles. The van der Waals surface area contributed by atoms with E-state index in [0.717, 1.165) is 10.9 Å². The van der Waals surface area contributed by atoms with Gasteiger partial charge in [0.2, 0.25) is 0 Å². The van der Waals surface area contributed by atoms with Gasteiger partial charge in [-0.25, -0.2) is 18.7 Å². The highest BCUT2D eigenvalue weighted by Gasteiger charge is 2.33. The number of cyclic esters (lactones) is 1. The highest BCUT2D eigenvalue weighted by molar-refractivity contribution is 6.88. The van der Waals surface area contributed by atoms with Crippen molar-refractivity contribution in [1.29, 1.82) is 0 Å². The summed E-state index contributed by atoms with van der Waals surface area (Å²) < 4.78 is 27.9. The van der Waals surface area contributed by atoms with Crippen LogP contribution in [0.15, 0.2) is 48.7 Å². The molecular weight excluding hydrogens is 529 g/mol. The minimum absolute atomic E-state index is 0.292. The second-order valence-electron chi connectivity index (χ2n) is 12.0. The van der Waals surface area contributed by atoms with Gasteiger partial charge < -0.3 is 14.4 Å². The first kappa shape index (κ1) is 29.3. The Balaban J connectivity index is 1.41. The van der Waals surface area contributed by atoms with E-state index < -0.39 is 31.7 Å². The lowest BCUT2D eigenvalue weighted by Gasteiger charge is -2.26. The van der Waals surface area contributed by atoms with Crippen LogP contribution in [-0.2, 0) is 22.6 Å². The Labute approximate surface area is 235 Å². The Hall–Kier alpha value is -3.73. The molecule has 2 amide bonds. The number of aromatic nitrogens is 3. The predicted molar refractivity (Wildman–Crippen MR) is 155 cm³/mol. The fraction of sp³-hybridized carbons (Fsp3) is 0.448. The van der Waals surface area contributed by atoms with Gasteiger partial charge in [-0.05, 0) is 57.0 Å². The lowest BCUT2D eigenvalue weighted by molar-refractivity contribution is 0.0244. The van der Waals surface area contributed by atoms with Gasteiger partial charge in [-0.15, -0.1) is 5.10 Å². The zero-order chi connectivity index (χ0) is 29.2. The normalized spacial score (nSPS) is 15.8. The molecule has 2 aromatic carbocycles. The van der Waals surface area contributed by atoms with Gasteiger partial charge in [0.05, 0.1) is 24.1 Å². The van der Waals surface area contributed by atoms with E-state index in [4.69, 9.17) is 9.47 Å². The van der Waals surface area contributed by atoms with Crippen molar-refractivity contribution >= 4 is 31.3 Å². The van der Waals surface area contributed by atoms with E-state index in [1.807, 2.05) is 58.2 Å². The van der Waals surface area contributed by atoms with E-state index >= 15 is 4.39 Å². The molecule has 0 radical (unpaired) electrons. The van der Waals surface area contributed by atoms with Gasteiger partial charge in [0.1, 0.15) is 25.6 Å². The summed E-state index contributed by atoms with van der Waals surface area (Å²) in [5.74, 6) is -0.443. The Kier molecular flexibility index (Phi) is 8.34. The van der Waals surface area contributed by atoms with Gasteiger partial charge in [-0.3, -0.25) is 4.90 Å². The zero-order valence-corrected chi connectivity index (χ0v) is 25.3. The summed E-state index contributed by atoms with van der Waals surface area (Å²) in [6, 6.07) is 12.1. The molecule has 9 nitrogen and oxygen atoms in total. The molecule has 1 atom stereocenters. The van der Waals surface area contributed by atoms with Gasteiger partial charge in [-0.1, -0.05) is 49.1 Å². The lowest BCUT2D eigenvalue weighted by Crippen LogP contribution is -2.38. The van der Waals surface area contributed by atoms with E-state index in [-0.39, 0.29) is 6.09 Å². The summed E-state index contributed by atoms with van der Waals surface area (Å²) in [4.78, 5) is 28.1. The Morgan fingerprint density at radius 3 is 2.45 bits per heavy atom. The standard InChI is InChI=1S/C29H38FN5O4Si/c1-8-33(27(36)39-29(2,3)4)16-20-9-11-21(12-10-20)24-14-13-22(15-25(24)30)35-18-23(38-28(35)37)17-34-19-26(31-32-34)40(5,6)7/h9-15,19,23H,8,16-18H2,1-7H3/t23-/m0/s1. The van der Waals surface area contributed by atoms with E-state index in [2.05, 4.69) is 30.0 Å². The van der Waals surface area contributed by atoms with Crippen molar-refractivity contribution in [3.8, 4) is 11.1 Å². The summed E-state index contributed by atoms with van der Waals surface area (Å²) in [6.07, 6.45) is 0.612. The van der Waals surface area contributed by atoms with Gasteiger partial charge in [0, 0.05) is 24.8 Å². The SMILES string of the molecule is CCN(Cc1ccc(-c2ccc(N3C[C@H](Cn4cc([Si](C)(C)C)nn4)OC3=O)cc2F)cc1)C(=O)OC(C)(C)C. The number of hydrogen-bond donors (Lipinski definition) is 0. The molecule has 1 aliphatic rings. The fourth-order valence-corrected chi connectivity index (χ4v) is 5.20. The van der Waals surface area contributed by atoms with Crippen molar-refractivity contribution in [2.75, 3.05) is 18.0 Å². The molecule has 4 rings (SSSR count). The number of nitrogens with zero attached hydrogens (tertiary/aromatic N) is 5. The van der Waals surface area contributed by atoms with Crippen molar-refractivity contribution in [1.82, 2.24) is 19.9 Å². The van der Waals surface area contributed by atoms with Crippen LogP contribution in [0.2, 0.25) is 19.6 Å². The van der Waals surface area contributed by atoms with Crippen LogP contribution in [0.4, 0.5) is 19.7 Å². The fourth-order valence-electron chi connectivity index (χ4n) is 4.32. The first-order valence-electron chi connectivity index (χ1n) is 13.5. The topological polar surface area (TPSA) is 89.8 Å². The average molecular weight is 568 g/mol. The molecule has 0 spiro atoms. The second-order valence-corrected chi connectivity index (χ2v) is 17.1. The van der Waals surface area contributed by atoms with Crippen molar-refractivity contribution in [2.24, 2.45) is 0 Å². The van der Waals surface area contributed by atoms with E-state index in [1.165, 1.54) is 11.0 Å². The summed E-state index contributed by atoms with van der Waals surface area (Å²) >= 11 is 0. The van der Waals surface area contributed by atoms with Crippen LogP contribution >= 0.6 is 0 Å². The minimum Gasteiger partial charge on any atom is -0.444 e. The van der Waals surface area contributed by atoms with Crippen molar-refractivity contribution in [3.63, 3.8) is 0 Å². The molecule has 2 heterocycles. The summed E-state index contributed by atoms with van der Waals surface area (Å²) in [6.45, 7) is 15.5. The maximum Gasteiger partial charge on any atom is 0.414 e. The molecule has 0 N–H and O–H groups in total. The monoisotopic (exact) mass is 567 g/mol. The Morgan fingerprint density at radius 2 is 1.88 bits per heavy atom. The molecule has 0 bridgehead atoms. The Morgan fingerprint density at radius 1 is 1.18 bits per heavy atom. The molecule has 40 heavy (non-hydrogen) atoms. The molecule has 1 aliphatic heterocycles. The maximum absolute atomic E-state index is 15.2. The van der Waals surface area contributed by atoms with Gasteiger partial charge in [-0.2, -0.15) is 0 Å². The molecule has 3 aromatic rings. The Bertz CT molecular complexity index is 1360. The van der Waals surface area contributed by atoms with Crippen LogP contribution in [0.25, 0.3) is 11.1 Å². The summed E-state index contributed by atoms with van der Waals surface area (Å²) in [5.41, 5.74) is 1.88. The van der Waals surface area contributed by atoms with Crippen molar-refractivity contribution in [2.45, 2.75) is 72.1 Å². The molecule has 0 aliphatic carbocycles. The number of ether oxygens (including phenoxy) is 2. The number of carbonyl (C=O) groups excluding carboxylic acids is 2. The van der Waals surface area contributed by atoms with Crippen LogP contribution < -0.4 is 10.2 Å². The number of carbonyl (C=O) groups is 2. The second kappa shape index (κ2) is 11.4. The third kappa shape index (κ3) is 7.06. The predicted octanol–water partition coefficient (Wildman–Crippen LogP) is 5.41. The molecule has 214 valence electrons. The van der Waals surface area contributed by atoms with Crippen molar-refractivity contribution in [3.05, 3.63) is 60.0 Å². The lowest BCUT2D eigenvalue weighted by atomic mass is 10.0. The molecule has 0 unspecified atom stereocenters.